The molecule has 0 aromatic heterocycles. The molecule has 0 saturated carbocycles. The molecule has 0 bridgehead atoms. The van der Waals surface area contributed by atoms with Crippen molar-refractivity contribution in [1.82, 2.24) is 5.32 Å². The van der Waals surface area contributed by atoms with Gasteiger partial charge in [0.2, 0.25) is 0 Å². The van der Waals surface area contributed by atoms with E-state index in [1.807, 2.05) is 18.2 Å². The van der Waals surface area contributed by atoms with Gasteiger partial charge in [0, 0.05) is 11.4 Å². The summed E-state index contributed by atoms with van der Waals surface area (Å²) in [4.78, 5) is 10.8. The van der Waals surface area contributed by atoms with E-state index in [2.05, 4.69) is 5.32 Å². The molecular formula is C14H20ClNO2. The molecule has 0 amide bonds. The first-order valence-electron chi connectivity index (χ1n) is 6.16. The SMILES string of the molecule is COc1ccc(Cl)cc1CCNCCCC(C)=O. The van der Waals surface area contributed by atoms with Crippen molar-refractivity contribution in [2.75, 3.05) is 20.2 Å². The summed E-state index contributed by atoms with van der Waals surface area (Å²) in [5.74, 6) is 1.11. The van der Waals surface area contributed by atoms with E-state index >= 15 is 0 Å². The first kappa shape index (κ1) is 15.0. The number of benzene rings is 1. The van der Waals surface area contributed by atoms with Crippen molar-refractivity contribution in [1.29, 1.82) is 0 Å². The fourth-order valence-corrected chi connectivity index (χ4v) is 1.95. The van der Waals surface area contributed by atoms with E-state index in [4.69, 9.17) is 16.3 Å². The third kappa shape index (κ3) is 5.52. The number of ketones is 1. The number of carbonyl (C=O) groups is 1. The summed E-state index contributed by atoms with van der Waals surface area (Å²) >= 11 is 5.96. The van der Waals surface area contributed by atoms with Crippen LogP contribution in [0.1, 0.15) is 25.3 Å². The second-order valence-electron chi connectivity index (χ2n) is 4.26. The van der Waals surface area contributed by atoms with Gasteiger partial charge >= 0.3 is 0 Å². The highest BCUT2D eigenvalue weighted by Gasteiger charge is 2.03. The second-order valence-corrected chi connectivity index (χ2v) is 4.70. The van der Waals surface area contributed by atoms with Crippen LogP contribution >= 0.6 is 11.6 Å². The van der Waals surface area contributed by atoms with Gasteiger partial charge in [-0.25, -0.2) is 0 Å². The number of Topliss-reactive ketones (excluding diaryl/α,β-unsaturated/α-hetero) is 1. The van der Waals surface area contributed by atoms with Gasteiger partial charge in [0.15, 0.2) is 0 Å². The van der Waals surface area contributed by atoms with Crippen molar-refractivity contribution in [2.24, 2.45) is 0 Å². The number of carbonyl (C=O) groups excluding carboxylic acids is 1. The average molecular weight is 270 g/mol. The Balaban J connectivity index is 2.30. The lowest BCUT2D eigenvalue weighted by Crippen LogP contribution is -2.19. The number of hydrogen-bond donors (Lipinski definition) is 1. The highest BCUT2D eigenvalue weighted by Crippen LogP contribution is 2.22. The van der Waals surface area contributed by atoms with Gasteiger partial charge in [-0.2, -0.15) is 0 Å². The molecule has 1 aromatic rings. The van der Waals surface area contributed by atoms with Crippen molar-refractivity contribution >= 4 is 17.4 Å². The lowest BCUT2D eigenvalue weighted by Gasteiger charge is -2.09. The van der Waals surface area contributed by atoms with E-state index in [-0.39, 0.29) is 5.78 Å². The molecule has 3 nitrogen and oxygen atoms in total. The van der Waals surface area contributed by atoms with Crippen molar-refractivity contribution < 1.29 is 9.53 Å². The summed E-state index contributed by atoms with van der Waals surface area (Å²) in [7, 11) is 1.66. The van der Waals surface area contributed by atoms with Gasteiger partial charge in [-0.05, 0) is 56.6 Å². The van der Waals surface area contributed by atoms with E-state index in [0.717, 1.165) is 42.3 Å². The van der Waals surface area contributed by atoms with Crippen LogP contribution in [-0.2, 0) is 11.2 Å². The zero-order chi connectivity index (χ0) is 13.4. The molecule has 4 heteroatoms. The van der Waals surface area contributed by atoms with Crippen molar-refractivity contribution in [3.8, 4) is 5.75 Å². The molecule has 0 radical (unpaired) electrons. The van der Waals surface area contributed by atoms with Crippen molar-refractivity contribution in [3.63, 3.8) is 0 Å². The van der Waals surface area contributed by atoms with Crippen LogP contribution in [0.15, 0.2) is 18.2 Å². The van der Waals surface area contributed by atoms with E-state index in [9.17, 15) is 4.79 Å². The number of halogens is 1. The lowest BCUT2D eigenvalue weighted by atomic mass is 10.1. The van der Waals surface area contributed by atoms with Crippen LogP contribution in [0, 0.1) is 0 Å². The number of nitrogens with one attached hydrogen (secondary N) is 1. The Morgan fingerprint density at radius 3 is 2.83 bits per heavy atom. The zero-order valence-corrected chi connectivity index (χ0v) is 11.7. The van der Waals surface area contributed by atoms with Crippen LogP contribution in [0.2, 0.25) is 5.02 Å². The van der Waals surface area contributed by atoms with Gasteiger partial charge < -0.3 is 14.8 Å². The summed E-state index contributed by atoms with van der Waals surface area (Å²) in [6, 6.07) is 5.63. The number of methoxy groups -OCH3 is 1. The lowest BCUT2D eigenvalue weighted by molar-refractivity contribution is -0.117. The molecule has 0 aliphatic rings. The molecule has 1 rings (SSSR count). The van der Waals surface area contributed by atoms with Gasteiger partial charge in [0.1, 0.15) is 11.5 Å². The van der Waals surface area contributed by atoms with E-state index < -0.39 is 0 Å². The van der Waals surface area contributed by atoms with Crippen LogP contribution in [0.4, 0.5) is 0 Å². The van der Waals surface area contributed by atoms with Crippen LogP contribution in [0.5, 0.6) is 5.75 Å². The largest absolute Gasteiger partial charge is 0.496 e. The molecular weight excluding hydrogens is 250 g/mol. The van der Waals surface area contributed by atoms with Crippen LogP contribution in [-0.4, -0.2) is 26.0 Å². The van der Waals surface area contributed by atoms with Crippen LogP contribution in [0.25, 0.3) is 0 Å². The Morgan fingerprint density at radius 1 is 1.39 bits per heavy atom. The summed E-state index contributed by atoms with van der Waals surface area (Å²) in [6.45, 7) is 3.34. The van der Waals surface area contributed by atoms with Crippen molar-refractivity contribution in [3.05, 3.63) is 28.8 Å². The minimum absolute atomic E-state index is 0.244. The van der Waals surface area contributed by atoms with Crippen LogP contribution < -0.4 is 10.1 Å². The zero-order valence-electron chi connectivity index (χ0n) is 11.0. The summed E-state index contributed by atoms with van der Waals surface area (Å²) < 4.78 is 5.28. The fraction of sp³-hybridized carbons (Fsp3) is 0.500. The molecule has 1 N–H and O–H groups in total. The Bertz CT molecular complexity index is 393. The Kier molecular flexibility index (Phi) is 6.76. The highest BCUT2D eigenvalue weighted by atomic mass is 35.5. The van der Waals surface area contributed by atoms with Gasteiger partial charge in [0.25, 0.3) is 0 Å². The molecule has 0 aliphatic heterocycles. The quantitative estimate of drug-likeness (QED) is 0.738. The monoisotopic (exact) mass is 269 g/mol. The van der Waals surface area contributed by atoms with Crippen LogP contribution in [0.3, 0.4) is 0 Å². The molecule has 1 aromatic carbocycles. The Hall–Kier alpha value is -1.06. The summed E-state index contributed by atoms with van der Waals surface area (Å²) in [6.07, 6.45) is 2.40. The minimum Gasteiger partial charge on any atom is -0.496 e. The Labute approximate surface area is 113 Å². The van der Waals surface area contributed by atoms with Gasteiger partial charge in [-0.1, -0.05) is 11.6 Å². The maximum atomic E-state index is 10.8. The average Bonchev–Trinajstić information content (AvgIpc) is 2.33. The van der Waals surface area contributed by atoms with Crippen molar-refractivity contribution in [2.45, 2.75) is 26.2 Å². The molecule has 0 spiro atoms. The molecule has 0 aliphatic carbocycles. The number of ether oxygens (including phenoxy) is 1. The Morgan fingerprint density at radius 2 is 2.17 bits per heavy atom. The summed E-state index contributed by atoms with van der Waals surface area (Å²) in [5.41, 5.74) is 1.10. The summed E-state index contributed by atoms with van der Waals surface area (Å²) in [5, 5.41) is 4.03. The van der Waals surface area contributed by atoms with E-state index in [0.29, 0.717) is 6.42 Å². The smallest absolute Gasteiger partial charge is 0.129 e. The number of hydrogen-bond acceptors (Lipinski definition) is 3. The van der Waals surface area contributed by atoms with E-state index in [1.54, 1.807) is 14.0 Å². The maximum absolute atomic E-state index is 10.8. The predicted molar refractivity (Wildman–Crippen MR) is 74.5 cm³/mol. The standard InChI is InChI=1S/C14H20ClNO2/c1-11(17)4-3-8-16-9-7-12-10-13(15)5-6-14(12)18-2/h5-6,10,16H,3-4,7-9H2,1-2H3. The van der Waals surface area contributed by atoms with Gasteiger partial charge in [0.05, 0.1) is 7.11 Å². The second kappa shape index (κ2) is 8.11. The third-order valence-electron chi connectivity index (χ3n) is 2.70. The highest BCUT2D eigenvalue weighted by molar-refractivity contribution is 6.30. The first-order chi connectivity index (χ1) is 8.63. The molecule has 100 valence electrons. The molecule has 18 heavy (non-hydrogen) atoms. The molecule has 0 heterocycles. The van der Waals surface area contributed by atoms with Gasteiger partial charge in [-0.3, -0.25) is 0 Å². The molecule has 0 unspecified atom stereocenters. The first-order valence-corrected chi connectivity index (χ1v) is 6.54. The third-order valence-corrected chi connectivity index (χ3v) is 2.93. The maximum Gasteiger partial charge on any atom is 0.129 e. The fourth-order valence-electron chi connectivity index (χ4n) is 1.75. The molecule has 0 fully saturated rings. The van der Waals surface area contributed by atoms with Gasteiger partial charge in [-0.15, -0.1) is 0 Å². The number of rotatable bonds is 8. The minimum atomic E-state index is 0.244. The molecule has 0 saturated heterocycles. The van der Waals surface area contributed by atoms with E-state index in [1.165, 1.54) is 0 Å². The normalized spacial score (nSPS) is 10.4. The topological polar surface area (TPSA) is 38.3 Å². The molecule has 0 atom stereocenters. The predicted octanol–water partition coefficient (Wildman–Crippen LogP) is 2.85.